The first-order chi connectivity index (χ1) is 11.4. The molecule has 0 aliphatic carbocycles. The fraction of sp³-hybridized carbons (Fsp3) is 0.647. The molecule has 0 radical (unpaired) electrons. The van der Waals surface area contributed by atoms with Crippen LogP contribution < -0.4 is 15.5 Å². The van der Waals surface area contributed by atoms with Crippen LogP contribution >= 0.6 is 11.6 Å². The van der Waals surface area contributed by atoms with Gasteiger partial charge in [-0.2, -0.15) is 0 Å². The highest BCUT2D eigenvalue weighted by molar-refractivity contribution is 6.32. The molecule has 134 valence electrons. The minimum Gasteiger partial charge on any atom is -0.396 e. The molecule has 7 heteroatoms. The Balaban J connectivity index is 1.96. The first-order valence-electron chi connectivity index (χ1n) is 8.46. The second kappa shape index (κ2) is 8.53. The van der Waals surface area contributed by atoms with Crippen LogP contribution in [0.25, 0.3) is 0 Å². The van der Waals surface area contributed by atoms with Crippen LogP contribution in [0.4, 0.5) is 5.82 Å². The predicted molar refractivity (Wildman–Crippen MR) is 99.8 cm³/mol. The number of aliphatic hydroxyl groups excluding tert-OH is 1. The molecule has 0 aromatic carbocycles. The minimum absolute atomic E-state index is 0.116. The summed E-state index contributed by atoms with van der Waals surface area (Å²) in [5, 5.41) is 16.8. The van der Waals surface area contributed by atoms with Gasteiger partial charge in [0.2, 0.25) is 0 Å². The van der Waals surface area contributed by atoms with Crippen molar-refractivity contribution in [1.29, 1.82) is 0 Å². The molecule has 1 saturated heterocycles. The van der Waals surface area contributed by atoms with Crippen molar-refractivity contribution >= 4 is 23.4 Å². The molecule has 3 N–H and O–H groups in total. The number of halogens is 1. The summed E-state index contributed by atoms with van der Waals surface area (Å²) < 4.78 is 0. The number of anilines is 1. The first-order valence-corrected chi connectivity index (χ1v) is 8.84. The van der Waals surface area contributed by atoms with Crippen molar-refractivity contribution in [2.75, 3.05) is 37.7 Å². The summed E-state index contributed by atoms with van der Waals surface area (Å²) >= 11 is 6.24. The maximum Gasteiger partial charge on any atom is 0.191 e. The summed E-state index contributed by atoms with van der Waals surface area (Å²) in [5.74, 6) is 1.63. The second-order valence-corrected chi connectivity index (χ2v) is 7.31. The van der Waals surface area contributed by atoms with Crippen LogP contribution in [0.1, 0.15) is 27.2 Å². The molecule has 6 nitrogen and oxygen atoms in total. The number of rotatable bonds is 6. The van der Waals surface area contributed by atoms with Crippen molar-refractivity contribution in [3.63, 3.8) is 0 Å². The summed E-state index contributed by atoms with van der Waals surface area (Å²) in [4.78, 5) is 11.2. The Morgan fingerprint density at radius 1 is 1.54 bits per heavy atom. The Bertz CT molecular complexity index is 564. The summed E-state index contributed by atoms with van der Waals surface area (Å²) in [7, 11) is 0. The molecule has 0 bridgehead atoms. The van der Waals surface area contributed by atoms with Gasteiger partial charge in [0.1, 0.15) is 5.82 Å². The molecule has 1 aliphatic rings. The van der Waals surface area contributed by atoms with Crippen molar-refractivity contribution < 1.29 is 5.11 Å². The highest BCUT2D eigenvalue weighted by atomic mass is 35.5. The van der Waals surface area contributed by atoms with E-state index in [0.29, 0.717) is 11.6 Å². The van der Waals surface area contributed by atoms with Crippen molar-refractivity contribution in [2.24, 2.45) is 10.4 Å². The van der Waals surface area contributed by atoms with Gasteiger partial charge in [0.15, 0.2) is 5.96 Å². The SMILES string of the molecule is CCNC(=NCC(C)(C)CO)NC1CCN(c2ncccc2Cl)C1. The summed E-state index contributed by atoms with van der Waals surface area (Å²) in [6, 6.07) is 4.00. The van der Waals surface area contributed by atoms with Gasteiger partial charge in [0.05, 0.1) is 11.6 Å². The molecule has 1 atom stereocenters. The summed E-state index contributed by atoms with van der Waals surface area (Å²) in [5.41, 5.74) is -0.217. The number of hydrogen-bond acceptors (Lipinski definition) is 4. The predicted octanol–water partition coefficient (Wildman–Crippen LogP) is 1.89. The van der Waals surface area contributed by atoms with Crippen LogP contribution in [0.2, 0.25) is 5.02 Å². The first kappa shape index (κ1) is 18.8. The molecule has 1 aliphatic heterocycles. The lowest BCUT2D eigenvalue weighted by Crippen LogP contribution is -2.45. The van der Waals surface area contributed by atoms with E-state index < -0.39 is 0 Å². The number of aliphatic hydroxyl groups is 1. The molecular weight excluding hydrogens is 326 g/mol. The van der Waals surface area contributed by atoms with Gasteiger partial charge in [-0.3, -0.25) is 4.99 Å². The molecular formula is C17H28ClN5O. The normalized spacial score (nSPS) is 18.8. The number of nitrogens with zero attached hydrogens (tertiary/aromatic N) is 3. The number of pyridine rings is 1. The number of nitrogens with one attached hydrogen (secondary N) is 2. The zero-order chi connectivity index (χ0) is 17.6. The zero-order valence-electron chi connectivity index (χ0n) is 14.7. The average molecular weight is 354 g/mol. The van der Waals surface area contributed by atoms with Gasteiger partial charge in [0.25, 0.3) is 0 Å². The quantitative estimate of drug-likeness (QED) is 0.538. The van der Waals surface area contributed by atoms with Crippen molar-refractivity contribution in [3.8, 4) is 0 Å². The van der Waals surface area contributed by atoms with E-state index >= 15 is 0 Å². The van der Waals surface area contributed by atoms with E-state index in [-0.39, 0.29) is 18.1 Å². The van der Waals surface area contributed by atoms with Gasteiger partial charge < -0.3 is 20.6 Å². The molecule has 0 spiro atoms. The van der Waals surface area contributed by atoms with Gasteiger partial charge >= 0.3 is 0 Å². The third kappa shape index (κ3) is 5.24. The third-order valence-corrected chi connectivity index (χ3v) is 4.30. The monoisotopic (exact) mass is 353 g/mol. The lowest BCUT2D eigenvalue weighted by molar-refractivity contribution is 0.167. The Hall–Kier alpha value is -1.53. The molecule has 1 aromatic heterocycles. The van der Waals surface area contributed by atoms with E-state index in [1.807, 2.05) is 32.9 Å². The average Bonchev–Trinajstić information content (AvgIpc) is 3.02. The van der Waals surface area contributed by atoms with Crippen LogP contribution in [-0.2, 0) is 0 Å². The van der Waals surface area contributed by atoms with E-state index in [1.54, 1.807) is 6.20 Å². The Morgan fingerprint density at radius 2 is 2.33 bits per heavy atom. The molecule has 1 fully saturated rings. The van der Waals surface area contributed by atoms with E-state index in [0.717, 1.165) is 37.8 Å². The van der Waals surface area contributed by atoms with Crippen molar-refractivity contribution in [3.05, 3.63) is 23.4 Å². The number of aliphatic imine (C=N–C) groups is 1. The van der Waals surface area contributed by atoms with E-state index in [9.17, 15) is 5.11 Å². The fourth-order valence-electron chi connectivity index (χ4n) is 2.54. The molecule has 1 unspecified atom stereocenters. The van der Waals surface area contributed by atoms with E-state index in [1.165, 1.54) is 0 Å². The topological polar surface area (TPSA) is 72.8 Å². The fourth-order valence-corrected chi connectivity index (χ4v) is 2.78. The highest BCUT2D eigenvalue weighted by Gasteiger charge is 2.25. The molecule has 2 heterocycles. The van der Waals surface area contributed by atoms with E-state index in [4.69, 9.17) is 11.6 Å². The highest BCUT2D eigenvalue weighted by Crippen LogP contribution is 2.25. The largest absolute Gasteiger partial charge is 0.396 e. The number of guanidine groups is 1. The van der Waals surface area contributed by atoms with Gasteiger partial charge in [-0.25, -0.2) is 4.98 Å². The van der Waals surface area contributed by atoms with Crippen molar-refractivity contribution in [1.82, 2.24) is 15.6 Å². The van der Waals surface area contributed by atoms with Crippen LogP contribution in [-0.4, -0.2) is 54.9 Å². The second-order valence-electron chi connectivity index (χ2n) is 6.90. The van der Waals surface area contributed by atoms with Gasteiger partial charge in [-0.15, -0.1) is 0 Å². The Labute approximate surface area is 149 Å². The van der Waals surface area contributed by atoms with Gasteiger partial charge in [-0.05, 0) is 25.5 Å². The smallest absolute Gasteiger partial charge is 0.191 e. The number of aromatic nitrogens is 1. The maximum atomic E-state index is 9.37. The zero-order valence-corrected chi connectivity index (χ0v) is 15.5. The third-order valence-electron chi connectivity index (χ3n) is 4.01. The standard InChI is InChI=1S/C17H28ClN5O/c1-4-19-16(21-11-17(2,3)12-24)22-13-7-9-23(10-13)15-14(18)6-5-8-20-15/h5-6,8,13,24H,4,7,9-12H2,1-3H3,(H2,19,21,22). The molecule has 0 amide bonds. The molecule has 0 saturated carbocycles. The van der Waals surface area contributed by atoms with Crippen LogP contribution in [0.5, 0.6) is 0 Å². The number of hydrogen-bond donors (Lipinski definition) is 3. The lowest BCUT2D eigenvalue weighted by atomic mass is 9.95. The molecule has 2 rings (SSSR count). The molecule has 24 heavy (non-hydrogen) atoms. The maximum absolute atomic E-state index is 9.37. The molecule has 1 aromatic rings. The van der Waals surface area contributed by atoms with Crippen LogP contribution in [0.15, 0.2) is 23.3 Å². The van der Waals surface area contributed by atoms with Gasteiger partial charge in [-0.1, -0.05) is 25.4 Å². The van der Waals surface area contributed by atoms with E-state index in [2.05, 4.69) is 25.5 Å². The summed E-state index contributed by atoms with van der Waals surface area (Å²) in [6.07, 6.45) is 2.77. The van der Waals surface area contributed by atoms with Crippen LogP contribution in [0, 0.1) is 5.41 Å². The minimum atomic E-state index is -0.217. The lowest BCUT2D eigenvalue weighted by Gasteiger charge is -2.22. The summed E-state index contributed by atoms with van der Waals surface area (Å²) in [6.45, 7) is 9.28. The van der Waals surface area contributed by atoms with Crippen molar-refractivity contribution in [2.45, 2.75) is 33.2 Å². The Morgan fingerprint density at radius 3 is 3.00 bits per heavy atom. The van der Waals surface area contributed by atoms with Gasteiger partial charge in [0, 0.05) is 43.9 Å². The van der Waals surface area contributed by atoms with Crippen LogP contribution in [0.3, 0.4) is 0 Å². The Kier molecular flexibility index (Phi) is 6.69.